The van der Waals surface area contributed by atoms with Crippen LogP contribution in [-0.2, 0) is 14.4 Å². The summed E-state index contributed by atoms with van der Waals surface area (Å²) in [6.07, 6.45) is 2.28. The number of hydrogen-bond donors (Lipinski definition) is 3. The quantitative estimate of drug-likeness (QED) is 0.569. The molecule has 1 saturated carbocycles. The van der Waals surface area contributed by atoms with Crippen molar-refractivity contribution in [2.24, 2.45) is 11.8 Å². The van der Waals surface area contributed by atoms with Gasteiger partial charge in [0.05, 0.1) is 6.04 Å². The molecule has 1 aliphatic rings. The molecule has 2 aromatic carbocycles. The topological polar surface area (TPSA) is 87.3 Å². The van der Waals surface area contributed by atoms with Gasteiger partial charge in [-0.3, -0.25) is 14.4 Å². The molecule has 0 aliphatic heterocycles. The van der Waals surface area contributed by atoms with Crippen molar-refractivity contribution in [1.29, 1.82) is 0 Å². The molecule has 2 unspecified atom stereocenters. The van der Waals surface area contributed by atoms with Crippen molar-refractivity contribution in [1.82, 2.24) is 10.6 Å². The highest BCUT2D eigenvalue weighted by atomic mass is 16.2. The van der Waals surface area contributed by atoms with Crippen LogP contribution in [0.5, 0.6) is 0 Å². The molecule has 164 valence electrons. The molecule has 2 aromatic rings. The van der Waals surface area contributed by atoms with Gasteiger partial charge in [-0.15, -0.1) is 0 Å². The smallest absolute Gasteiger partial charge is 0.247 e. The number of nitrogens with one attached hydrogen (secondary N) is 3. The van der Waals surface area contributed by atoms with Gasteiger partial charge in [-0.1, -0.05) is 56.3 Å². The highest BCUT2D eigenvalue weighted by molar-refractivity contribution is 5.94. The van der Waals surface area contributed by atoms with E-state index in [1.807, 2.05) is 75.4 Å². The molecule has 3 N–H and O–H groups in total. The maximum atomic E-state index is 13.1. The zero-order valence-corrected chi connectivity index (χ0v) is 18.4. The van der Waals surface area contributed by atoms with Crippen LogP contribution in [0.25, 0.3) is 0 Å². The molecule has 6 heteroatoms. The predicted octanol–water partition coefficient (Wildman–Crippen LogP) is 4.12. The van der Waals surface area contributed by atoms with E-state index < -0.39 is 6.04 Å². The molecule has 0 bridgehead atoms. The summed E-state index contributed by atoms with van der Waals surface area (Å²) in [5, 5.41) is 8.78. The summed E-state index contributed by atoms with van der Waals surface area (Å²) < 4.78 is 0. The van der Waals surface area contributed by atoms with Gasteiger partial charge >= 0.3 is 0 Å². The average Bonchev–Trinajstić information content (AvgIpc) is 3.58. The lowest BCUT2D eigenvalue weighted by molar-refractivity contribution is -0.130. The first-order valence-electron chi connectivity index (χ1n) is 10.9. The third-order valence-electron chi connectivity index (χ3n) is 5.28. The second-order valence-corrected chi connectivity index (χ2v) is 8.62. The van der Waals surface area contributed by atoms with Gasteiger partial charge in [-0.05, 0) is 48.9 Å². The van der Waals surface area contributed by atoms with Gasteiger partial charge in [-0.25, -0.2) is 0 Å². The van der Waals surface area contributed by atoms with Crippen molar-refractivity contribution < 1.29 is 14.4 Å². The summed E-state index contributed by atoms with van der Waals surface area (Å²) in [5.74, 6) is 0.0114. The molecule has 2 atom stereocenters. The number of anilines is 1. The standard InChI is InChI=1S/C25H31N3O3/c1-16(2)15-22(29)28-23(19-7-5-4-6-8-19)25(31)26-17(3)18-11-13-21(14-12-18)27-24(30)20-9-10-20/h4-8,11-14,16-17,20,23H,9-10,15H2,1-3H3,(H,26,31)(H,27,30)(H,28,29). The molecule has 1 fully saturated rings. The maximum absolute atomic E-state index is 13.1. The second-order valence-electron chi connectivity index (χ2n) is 8.62. The fraction of sp³-hybridized carbons (Fsp3) is 0.400. The SMILES string of the molecule is CC(C)CC(=O)NC(C(=O)NC(C)c1ccc(NC(=O)C2CC2)cc1)c1ccccc1. The Morgan fingerprint density at radius 1 is 0.871 bits per heavy atom. The van der Waals surface area contributed by atoms with Crippen LogP contribution < -0.4 is 16.0 Å². The monoisotopic (exact) mass is 421 g/mol. The van der Waals surface area contributed by atoms with Gasteiger partial charge in [0.1, 0.15) is 6.04 Å². The lowest BCUT2D eigenvalue weighted by Crippen LogP contribution is -2.41. The van der Waals surface area contributed by atoms with Crippen molar-refractivity contribution in [3.63, 3.8) is 0 Å². The number of carbonyl (C=O) groups excluding carboxylic acids is 3. The van der Waals surface area contributed by atoms with E-state index in [2.05, 4.69) is 16.0 Å². The van der Waals surface area contributed by atoms with Gasteiger partial charge in [0, 0.05) is 18.0 Å². The molecule has 0 spiro atoms. The molecular weight excluding hydrogens is 390 g/mol. The lowest BCUT2D eigenvalue weighted by atomic mass is 10.0. The van der Waals surface area contributed by atoms with E-state index >= 15 is 0 Å². The van der Waals surface area contributed by atoms with E-state index in [9.17, 15) is 14.4 Å². The van der Waals surface area contributed by atoms with Gasteiger partial charge in [0.25, 0.3) is 0 Å². The first kappa shape index (κ1) is 22.5. The molecule has 0 saturated heterocycles. The normalized spacial score (nSPS) is 15.1. The van der Waals surface area contributed by atoms with Crippen molar-refractivity contribution in [2.75, 3.05) is 5.32 Å². The fourth-order valence-electron chi connectivity index (χ4n) is 3.36. The van der Waals surface area contributed by atoms with Crippen molar-refractivity contribution in [3.8, 4) is 0 Å². The number of amides is 3. The van der Waals surface area contributed by atoms with Gasteiger partial charge in [0.15, 0.2) is 0 Å². The third-order valence-corrected chi connectivity index (χ3v) is 5.28. The number of carbonyl (C=O) groups is 3. The van der Waals surface area contributed by atoms with Gasteiger partial charge in [0.2, 0.25) is 17.7 Å². The molecule has 3 rings (SSSR count). The first-order valence-corrected chi connectivity index (χ1v) is 10.9. The Hall–Kier alpha value is -3.15. The number of rotatable bonds is 9. The van der Waals surface area contributed by atoms with Crippen LogP contribution in [0, 0.1) is 11.8 Å². The minimum absolute atomic E-state index is 0.0666. The summed E-state index contributed by atoms with van der Waals surface area (Å²) in [4.78, 5) is 37.3. The Balaban J connectivity index is 1.65. The maximum Gasteiger partial charge on any atom is 0.247 e. The van der Waals surface area contributed by atoms with Crippen LogP contribution in [0.15, 0.2) is 54.6 Å². The van der Waals surface area contributed by atoms with Crippen LogP contribution >= 0.6 is 0 Å². The molecule has 3 amide bonds. The van der Waals surface area contributed by atoms with E-state index in [1.165, 1.54) is 0 Å². The van der Waals surface area contributed by atoms with Crippen LogP contribution in [0.3, 0.4) is 0 Å². The van der Waals surface area contributed by atoms with Crippen LogP contribution in [-0.4, -0.2) is 17.7 Å². The molecular formula is C25H31N3O3. The lowest BCUT2D eigenvalue weighted by Gasteiger charge is -2.22. The highest BCUT2D eigenvalue weighted by Gasteiger charge is 2.29. The Kier molecular flexibility index (Phi) is 7.45. The Morgan fingerprint density at radius 2 is 1.52 bits per heavy atom. The Bertz CT molecular complexity index is 905. The average molecular weight is 422 g/mol. The van der Waals surface area contributed by atoms with Gasteiger partial charge in [-0.2, -0.15) is 0 Å². The van der Waals surface area contributed by atoms with E-state index in [0.717, 1.165) is 29.7 Å². The van der Waals surface area contributed by atoms with Crippen LogP contribution in [0.4, 0.5) is 5.69 Å². The van der Waals surface area contributed by atoms with Crippen molar-refractivity contribution in [2.45, 2.75) is 52.1 Å². The number of hydrogen-bond acceptors (Lipinski definition) is 3. The largest absolute Gasteiger partial charge is 0.347 e. The molecule has 0 aromatic heterocycles. The molecule has 1 aliphatic carbocycles. The van der Waals surface area contributed by atoms with Gasteiger partial charge < -0.3 is 16.0 Å². The van der Waals surface area contributed by atoms with E-state index in [0.29, 0.717) is 6.42 Å². The minimum Gasteiger partial charge on any atom is -0.347 e. The summed E-state index contributed by atoms with van der Waals surface area (Å²) in [6.45, 7) is 5.83. The molecule has 31 heavy (non-hydrogen) atoms. The number of benzene rings is 2. The molecule has 6 nitrogen and oxygen atoms in total. The summed E-state index contributed by atoms with van der Waals surface area (Å²) >= 11 is 0. The van der Waals surface area contributed by atoms with Crippen molar-refractivity contribution in [3.05, 3.63) is 65.7 Å². The minimum atomic E-state index is -0.757. The zero-order valence-electron chi connectivity index (χ0n) is 18.4. The predicted molar refractivity (Wildman–Crippen MR) is 121 cm³/mol. The van der Waals surface area contributed by atoms with Crippen molar-refractivity contribution >= 4 is 23.4 Å². The van der Waals surface area contributed by atoms with E-state index in [4.69, 9.17) is 0 Å². The van der Waals surface area contributed by atoms with E-state index in [-0.39, 0.29) is 35.6 Å². The summed E-state index contributed by atoms with van der Waals surface area (Å²) in [6, 6.07) is 15.7. The summed E-state index contributed by atoms with van der Waals surface area (Å²) in [5.41, 5.74) is 2.41. The molecule has 0 heterocycles. The Labute approximate surface area is 183 Å². The van der Waals surface area contributed by atoms with Crippen LogP contribution in [0.2, 0.25) is 0 Å². The first-order chi connectivity index (χ1) is 14.8. The third kappa shape index (κ3) is 6.67. The fourth-order valence-corrected chi connectivity index (χ4v) is 3.36. The zero-order chi connectivity index (χ0) is 22.4. The highest BCUT2D eigenvalue weighted by Crippen LogP contribution is 2.30. The second kappa shape index (κ2) is 10.2. The summed E-state index contributed by atoms with van der Waals surface area (Å²) in [7, 11) is 0. The Morgan fingerprint density at radius 3 is 2.10 bits per heavy atom. The molecule has 0 radical (unpaired) electrons. The van der Waals surface area contributed by atoms with Crippen LogP contribution in [0.1, 0.15) is 63.2 Å². The van der Waals surface area contributed by atoms with E-state index in [1.54, 1.807) is 0 Å².